The largest absolute Gasteiger partial charge is 0.380 e. The number of nitrogens with zero attached hydrogens (tertiary/aromatic N) is 1. The Morgan fingerprint density at radius 1 is 1.10 bits per heavy atom. The molecule has 2 atom stereocenters. The zero-order valence-electron chi connectivity index (χ0n) is 14.1. The van der Waals surface area contributed by atoms with Crippen molar-refractivity contribution in [1.29, 1.82) is 0 Å². The summed E-state index contributed by atoms with van der Waals surface area (Å²) in [6.45, 7) is 14.0. The predicted molar refractivity (Wildman–Crippen MR) is 85.9 cm³/mol. The van der Waals surface area contributed by atoms with Crippen LogP contribution >= 0.6 is 0 Å². The molecule has 5 nitrogen and oxygen atoms in total. The van der Waals surface area contributed by atoms with Gasteiger partial charge in [0.1, 0.15) is 0 Å². The van der Waals surface area contributed by atoms with Crippen molar-refractivity contribution >= 4 is 0 Å². The van der Waals surface area contributed by atoms with Crippen molar-refractivity contribution in [2.45, 2.75) is 45.7 Å². The fourth-order valence-corrected chi connectivity index (χ4v) is 2.75. The lowest BCUT2D eigenvalue weighted by atomic mass is 10.0. The van der Waals surface area contributed by atoms with Gasteiger partial charge in [-0.1, -0.05) is 6.92 Å². The standard InChI is InChI=1S/C16H34N2O3/c1-4-8-17-15-7-11-21-14-16(15)18(9-12-19-5-2)10-13-20-6-3/h15-17H,4-14H2,1-3H3. The van der Waals surface area contributed by atoms with E-state index in [0.717, 1.165) is 65.7 Å². The van der Waals surface area contributed by atoms with Crippen molar-refractivity contribution in [1.82, 2.24) is 10.2 Å². The minimum atomic E-state index is 0.422. The Morgan fingerprint density at radius 3 is 2.33 bits per heavy atom. The SMILES string of the molecule is CCCNC1CCOCC1N(CCOCC)CCOCC. The molecule has 0 amide bonds. The first-order valence-corrected chi connectivity index (χ1v) is 8.54. The minimum Gasteiger partial charge on any atom is -0.380 e. The van der Waals surface area contributed by atoms with Gasteiger partial charge in [-0.15, -0.1) is 0 Å². The topological polar surface area (TPSA) is 43.0 Å². The van der Waals surface area contributed by atoms with Crippen molar-refractivity contribution in [3.8, 4) is 0 Å². The van der Waals surface area contributed by atoms with Gasteiger partial charge in [0.05, 0.1) is 19.8 Å². The van der Waals surface area contributed by atoms with E-state index in [0.29, 0.717) is 12.1 Å². The number of rotatable bonds is 12. The summed E-state index contributed by atoms with van der Waals surface area (Å²) in [5.74, 6) is 0. The van der Waals surface area contributed by atoms with E-state index in [1.54, 1.807) is 0 Å². The molecule has 0 spiro atoms. The lowest BCUT2D eigenvalue weighted by molar-refractivity contribution is -0.0221. The van der Waals surface area contributed by atoms with E-state index in [9.17, 15) is 0 Å². The van der Waals surface area contributed by atoms with Crippen LogP contribution in [0.5, 0.6) is 0 Å². The predicted octanol–water partition coefficient (Wildman–Crippen LogP) is 1.52. The third-order valence-corrected chi connectivity index (χ3v) is 3.91. The van der Waals surface area contributed by atoms with E-state index < -0.39 is 0 Å². The summed E-state index contributed by atoms with van der Waals surface area (Å²) in [6.07, 6.45) is 2.26. The van der Waals surface area contributed by atoms with Gasteiger partial charge in [-0.3, -0.25) is 4.90 Å². The highest BCUT2D eigenvalue weighted by atomic mass is 16.5. The van der Waals surface area contributed by atoms with E-state index >= 15 is 0 Å². The Kier molecular flexibility index (Phi) is 11.1. The molecule has 1 rings (SSSR count). The molecular formula is C16H34N2O3. The zero-order valence-corrected chi connectivity index (χ0v) is 14.1. The van der Waals surface area contributed by atoms with E-state index in [2.05, 4.69) is 17.1 Å². The van der Waals surface area contributed by atoms with Gasteiger partial charge in [-0.25, -0.2) is 0 Å². The van der Waals surface area contributed by atoms with E-state index in [1.165, 1.54) is 6.42 Å². The smallest absolute Gasteiger partial charge is 0.0637 e. The van der Waals surface area contributed by atoms with Crippen LogP contribution in [0.2, 0.25) is 0 Å². The second-order valence-electron chi connectivity index (χ2n) is 5.42. The molecule has 2 unspecified atom stereocenters. The maximum atomic E-state index is 5.72. The molecule has 0 bridgehead atoms. The maximum Gasteiger partial charge on any atom is 0.0637 e. The van der Waals surface area contributed by atoms with Crippen LogP contribution < -0.4 is 5.32 Å². The molecule has 0 saturated carbocycles. The van der Waals surface area contributed by atoms with Gasteiger partial charge in [0.15, 0.2) is 0 Å². The number of ether oxygens (including phenoxy) is 3. The molecule has 0 aromatic carbocycles. The Balaban J connectivity index is 2.53. The molecule has 1 heterocycles. The maximum absolute atomic E-state index is 5.72. The van der Waals surface area contributed by atoms with Crippen LogP contribution in [0.4, 0.5) is 0 Å². The number of nitrogens with one attached hydrogen (secondary N) is 1. The lowest BCUT2D eigenvalue weighted by Crippen LogP contribution is -2.56. The van der Waals surface area contributed by atoms with Gasteiger partial charge in [0.2, 0.25) is 0 Å². The Bertz CT molecular complexity index is 232. The Hall–Kier alpha value is -0.200. The van der Waals surface area contributed by atoms with Crippen molar-refractivity contribution in [2.75, 3.05) is 59.3 Å². The van der Waals surface area contributed by atoms with Crippen LogP contribution in [0, 0.1) is 0 Å². The molecule has 0 radical (unpaired) electrons. The highest BCUT2D eigenvalue weighted by Crippen LogP contribution is 2.14. The molecule has 1 N–H and O–H groups in total. The van der Waals surface area contributed by atoms with Crippen molar-refractivity contribution in [3.63, 3.8) is 0 Å². The molecule has 0 aromatic rings. The summed E-state index contributed by atoms with van der Waals surface area (Å²) in [5.41, 5.74) is 0. The summed E-state index contributed by atoms with van der Waals surface area (Å²) in [6, 6.07) is 0.938. The molecular weight excluding hydrogens is 268 g/mol. The highest BCUT2D eigenvalue weighted by molar-refractivity contribution is 4.87. The van der Waals surface area contributed by atoms with Crippen LogP contribution in [-0.2, 0) is 14.2 Å². The summed E-state index contributed by atoms with van der Waals surface area (Å²) in [4.78, 5) is 2.47. The summed E-state index contributed by atoms with van der Waals surface area (Å²) in [7, 11) is 0. The molecule has 0 aromatic heterocycles. The second kappa shape index (κ2) is 12.4. The molecule has 1 aliphatic heterocycles. The Labute approximate surface area is 130 Å². The first kappa shape index (κ1) is 18.8. The fourth-order valence-electron chi connectivity index (χ4n) is 2.75. The van der Waals surface area contributed by atoms with E-state index in [4.69, 9.17) is 14.2 Å². The lowest BCUT2D eigenvalue weighted by Gasteiger charge is -2.40. The number of hydrogen-bond acceptors (Lipinski definition) is 5. The van der Waals surface area contributed by atoms with Gasteiger partial charge >= 0.3 is 0 Å². The summed E-state index contributed by atoms with van der Waals surface area (Å²) >= 11 is 0. The monoisotopic (exact) mass is 302 g/mol. The van der Waals surface area contributed by atoms with Crippen LogP contribution in [0.25, 0.3) is 0 Å². The zero-order chi connectivity index (χ0) is 15.3. The van der Waals surface area contributed by atoms with Crippen molar-refractivity contribution < 1.29 is 14.2 Å². The van der Waals surface area contributed by atoms with Gasteiger partial charge in [-0.05, 0) is 33.2 Å². The molecule has 5 heteroatoms. The van der Waals surface area contributed by atoms with Gasteiger partial charge in [0.25, 0.3) is 0 Å². The van der Waals surface area contributed by atoms with Crippen molar-refractivity contribution in [3.05, 3.63) is 0 Å². The molecule has 126 valence electrons. The average molecular weight is 302 g/mol. The van der Waals surface area contributed by atoms with Crippen LogP contribution in [-0.4, -0.2) is 76.3 Å². The normalized spacial score (nSPS) is 22.9. The molecule has 1 aliphatic rings. The molecule has 21 heavy (non-hydrogen) atoms. The van der Waals surface area contributed by atoms with Crippen molar-refractivity contribution in [2.24, 2.45) is 0 Å². The summed E-state index contributed by atoms with van der Waals surface area (Å²) < 4.78 is 16.8. The molecule has 1 fully saturated rings. The van der Waals surface area contributed by atoms with Gasteiger partial charge in [0, 0.05) is 45.0 Å². The third kappa shape index (κ3) is 7.56. The first-order valence-electron chi connectivity index (χ1n) is 8.54. The van der Waals surface area contributed by atoms with E-state index in [-0.39, 0.29) is 0 Å². The first-order chi connectivity index (χ1) is 10.3. The minimum absolute atomic E-state index is 0.422. The average Bonchev–Trinajstić information content (AvgIpc) is 2.52. The number of hydrogen-bond donors (Lipinski definition) is 1. The Morgan fingerprint density at radius 2 is 1.76 bits per heavy atom. The quantitative estimate of drug-likeness (QED) is 0.554. The van der Waals surface area contributed by atoms with Gasteiger partial charge in [-0.2, -0.15) is 0 Å². The highest BCUT2D eigenvalue weighted by Gasteiger charge is 2.30. The second-order valence-corrected chi connectivity index (χ2v) is 5.42. The van der Waals surface area contributed by atoms with Crippen LogP contribution in [0.1, 0.15) is 33.6 Å². The van der Waals surface area contributed by atoms with E-state index in [1.807, 2.05) is 13.8 Å². The molecule has 0 aliphatic carbocycles. The molecule has 1 saturated heterocycles. The summed E-state index contributed by atoms with van der Waals surface area (Å²) in [5, 5.41) is 3.68. The third-order valence-electron chi connectivity index (χ3n) is 3.91. The van der Waals surface area contributed by atoms with Crippen LogP contribution in [0.15, 0.2) is 0 Å². The fraction of sp³-hybridized carbons (Fsp3) is 1.00. The van der Waals surface area contributed by atoms with Gasteiger partial charge < -0.3 is 19.5 Å². The van der Waals surface area contributed by atoms with Crippen LogP contribution in [0.3, 0.4) is 0 Å².